The monoisotopic (exact) mass is 405 g/mol. The molecule has 0 unspecified atom stereocenters. The summed E-state index contributed by atoms with van der Waals surface area (Å²) >= 11 is 5.65. The molecule has 1 aromatic heterocycles. The fourth-order valence-corrected chi connectivity index (χ4v) is 2.22. The summed E-state index contributed by atoms with van der Waals surface area (Å²) in [6.07, 6.45) is 0.211. The molecule has 0 saturated heterocycles. The van der Waals surface area contributed by atoms with Crippen LogP contribution in [-0.2, 0) is 25.5 Å². The lowest BCUT2D eigenvalue weighted by molar-refractivity contribution is -0.144. The van der Waals surface area contributed by atoms with Crippen molar-refractivity contribution in [2.75, 3.05) is 30.3 Å². The minimum absolute atomic E-state index is 0.129. The molecule has 148 valence electrons. The van der Waals surface area contributed by atoms with E-state index >= 15 is 0 Å². The van der Waals surface area contributed by atoms with Crippen molar-refractivity contribution in [3.8, 4) is 0 Å². The molecule has 0 aliphatic heterocycles. The lowest BCUT2D eigenvalue weighted by Crippen LogP contribution is -2.30. The van der Waals surface area contributed by atoms with Crippen molar-refractivity contribution < 1.29 is 19.1 Å². The van der Waals surface area contributed by atoms with Gasteiger partial charge in [-0.2, -0.15) is 0 Å². The lowest BCUT2D eigenvalue weighted by Gasteiger charge is -2.08. The summed E-state index contributed by atoms with van der Waals surface area (Å²) in [5.74, 6) is -0.507. The molecule has 10 heteroatoms. The van der Waals surface area contributed by atoms with E-state index in [9.17, 15) is 14.4 Å². The number of ether oxygens (including phenoxy) is 1. The first kappa shape index (κ1) is 21.1. The predicted molar refractivity (Wildman–Crippen MR) is 104 cm³/mol. The molecule has 0 radical (unpaired) electrons. The number of nitrogens with zero attached hydrogens (tertiary/aromatic N) is 2. The van der Waals surface area contributed by atoms with E-state index < -0.39 is 11.9 Å². The Morgan fingerprint density at radius 3 is 2.39 bits per heavy atom. The molecule has 0 atom stereocenters. The van der Waals surface area contributed by atoms with Crippen LogP contribution in [0, 0.1) is 0 Å². The number of nitrogens with one attached hydrogen (secondary N) is 3. The summed E-state index contributed by atoms with van der Waals surface area (Å²) < 4.78 is 4.61. The maximum absolute atomic E-state index is 12.0. The van der Waals surface area contributed by atoms with Crippen LogP contribution in [0.4, 0.5) is 11.5 Å². The van der Waals surface area contributed by atoms with Crippen LogP contribution in [0.2, 0.25) is 5.15 Å². The van der Waals surface area contributed by atoms with Gasteiger partial charge in [-0.1, -0.05) is 23.7 Å². The summed E-state index contributed by atoms with van der Waals surface area (Å²) in [5.41, 5.74) is 1.35. The topological polar surface area (TPSA) is 122 Å². The first-order valence-corrected chi connectivity index (χ1v) is 8.82. The zero-order chi connectivity index (χ0) is 20.4. The summed E-state index contributed by atoms with van der Waals surface area (Å²) in [4.78, 5) is 34.2. The van der Waals surface area contributed by atoms with Gasteiger partial charge in [0.25, 0.3) is 5.91 Å². The third-order valence-electron chi connectivity index (χ3n) is 3.39. The molecule has 1 aromatic carbocycles. The maximum atomic E-state index is 12.0. The number of halogens is 1. The summed E-state index contributed by atoms with van der Waals surface area (Å²) in [5, 5.41) is 16.3. The smallest absolute Gasteiger partial charge is 0.303 e. The zero-order valence-electron chi connectivity index (χ0n) is 15.2. The van der Waals surface area contributed by atoms with Crippen molar-refractivity contribution in [2.45, 2.75) is 13.3 Å². The first-order valence-electron chi connectivity index (χ1n) is 8.44. The summed E-state index contributed by atoms with van der Waals surface area (Å²) in [6, 6.07) is 10.1. The number of hydrogen-bond donors (Lipinski definition) is 3. The van der Waals surface area contributed by atoms with Gasteiger partial charge in [-0.15, -0.1) is 10.2 Å². The van der Waals surface area contributed by atoms with Gasteiger partial charge in [-0.25, -0.2) is 0 Å². The van der Waals surface area contributed by atoms with Crippen molar-refractivity contribution in [3.63, 3.8) is 0 Å². The Kier molecular flexibility index (Phi) is 8.16. The van der Waals surface area contributed by atoms with Crippen molar-refractivity contribution >= 4 is 40.9 Å². The number of hydrogen-bond acceptors (Lipinski definition) is 7. The van der Waals surface area contributed by atoms with E-state index in [2.05, 4.69) is 30.9 Å². The van der Waals surface area contributed by atoms with Gasteiger partial charge in [0.2, 0.25) is 5.91 Å². The predicted octanol–water partition coefficient (Wildman–Crippen LogP) is 1.40. The minimum Gasteiger partial charge on any atom is -0.456 e. The van der Waals surface area contributed by atoms with E-state index in [0.29, 0.717) is 29.7 Å². The molecule has 0 saturated carbocycles. The molecular weight excluding hydrogens is 386 g/mol. The highest BCUT2D eigenvalue weighted by Crippen LogP contribution is 2.10. The fourth-order valence-electron chi connectivity index (χ4n) is 2.12. The molecule has 2 amide bonds. The van der Waals surface area contributed by atoms with Gasteiger partial charge in [-0.05, 0) is 29.8 Å². The van der Waals surface area contributed by atoms with Crippen LogP contribution in [0.3, 0.4) is 0 Å². The average molecular weight is 406 g/mol. The molecule has 0 aliphatic rings. The molecule has 0 fully saturated rings. The van der Waals surface area contributed by atoms with E-state index in [0.717, 1.165) is 5.56 Å². The fraction of sp³-hybridized carbons (Fsp3) is 0.278. The molecule has 2 aromatic rings. The Labute approximate surface area is 166 Å². The Hall–Kier alpha value is -3.20. The third-order valence-corrected chi connectivity index (χ3v) is 3.60. The van der Waals surface area contributed by atoms with Crippen molar-refractivity contribution in [1.82, 2.24) is 15.5 Å². The largest absolute Gasteiger partial charge is 0.456 e. The first-order chi connectivity index (χ1) is 13.4. The minimum atomic E-state index is -0.521. The second-order valence-corrected chi connectivity index (χ2v) is 6.11. The maximum Gasteiger partial charge on any atom is 0.303 e. The van der Waals surface area contributed by atoms with Gasteiger partial charge < -0.3 is 20.7 Å². The van der Waals surface area contributed by atoms with E-state index in [1.165, 1.54) is 6.92 Å². The molecule has 0 bridgehead atoms. The second-order valence-electron chi connectivity index (χ2n) is 5.72. The quantitative estimate of drug-likeness (QED) is 0.425. The summed E-state index contributed by atoms with van der Waals surface area (Å²) in [7, 11) is 0. The van der Waals surface area contributed by atoms with Gasteiger partial charge in [0.05, 0.1) is 6.42 Å². The van der Waals surface area contributed by atoms with Gasteiger partial charge >= 0.3 is 5.97 Å². The van der Waals surface area contributed by atoms with E-state index in [1.54, 1.807) is 36.4 Å². The number of carbonyl (C=O) groups excluding carboxylic acids is 3. The highest BCUT2D eigenvalue weighted by atomic mass is 35.5. The van der Waals surface area contributed by atoms with Crippen LogP contribution in [0.1, 0.15) is 12.5 Å². The normalized spacial score (nSPS) is 10.1. The molecule has 1 heterocycles. The SMILES string of the molecule is CC(=O)OCC(=O)Nc1ccc(CC(=O)NCCNc2ccc(Cl)nn2)cc1. The standard InChI is InChI=1S/C18H20ClN5O4/c1-12(25)28-11-18(27)22-14-4-2-13(3-5-14)10-17(26)21-9-8-20-16-7-6-15(19)23-24-16/h2-7H,8-11H2,1H3,(H,20,24)(H,21,26)(H,22,27). The Morgan fingerprint density at radius 2 is 1.75 bits per heavy atom. The average Bonchev–Trinajstić information content (AvgIpc) is 2.66. The number of anilines is 2. The molecule has 3 N–H and O–H groups in total. The highest BCUT2D eigenvalue weighted by Gasteiger charge is 2.06. The molecule has 0 aliphatic carbocycles. The van der Waals surface area contributed by atoms with E-state index in [1.807, 2.05) is 0 Å². The highest BCUT2D eigenvalue weighted by molar-refractivity contribution is 6.29. The number of esters is 1. The number of amides is 2. The number of benzene rings is 1. The van der Waals surface area contributed by atoms with Crippen molar-refractivity contribution in [1.29, 1.82) is 0 Å². The van der Waals surface area contributed by atoms with Gasteiger partial charge in [0.1, 0.15) is 5.82 Å². The second kappa shape index (κ2) is 10.8. The van der Waals surface area contributed by atoms with Crippen LogP contribution >= 0.6 is 11.6 Å². The van der Waals surface area contributed by atoms with E-state index in [-0.39, 0.29) is 18.9 Å². The van der Waals surface area contributed by atoms with Crippen LogP contribution in [-0.4, -0.2) is 47.7 Å². The Morgan fingerprint density at radius 1 is 1.00 bits per heavy atom. The molecular formula is C18H20ClN5O4. The summed E-state index contributed by atoms with van der Waals surface area (Å²) in [6.45, 7) is 1.81. The van der Waals surface area contributed by atoms with Gasteiger partial charge in [0.15, 0.2) is 11.8 Å². The van der Waals surface area contributed by atoms with Crippen molar-refractivity contribution in [3.05, 3.63) is 47.1 Å². The van der Waals surface area contributed by atoms with Crippen LogP contribution < -0.4 is 16.0 Å². The number of aromatic nitrogens is 2. The Bertz CT molecular complexity index is 812. The van der Waals surface area contributed by atoms with Gasteiger partial charge in [0, 0.05) is 25.7 Å². The molecule has 28 heavy (non-hydrogen) atoms. The lowest BCUT2D eigenvalue weighted by atomic mass is 10.1. The number of rotatable bonds is 9. The van der Waals surface area contributed by atoms with Crippen molar-refractivity contribution in [2.24, 2.45) is 0 Å². The third kappa shape index (κ3) is 8.00. The number of carbonyl (C=O) groups is 3. The van der Waals surface area contributed by atoms with Crippen LogP contribution in [0.5, 0.6) is 0 Å². The van der Waals surface area contributed by atoms with Gasteiger partial charge in [-0.3, -0.25) is 14.4 Å². The Balaban J connectivity index is 1.68. The van der Waals surface area contributed by atoms with Crippen LogP contribution in [0.25, 0.3) is 0 Å². The molecule has 9 nitrogen and oxygen atoms in total. The van der Waals surface area contributed by atoms with E-state index in [4.69, 9.17) is 11.6 Å². The molecule has 2 rings (SSSR count). The van der Waals surface area contributed by atoms with Crippen LogP contribution in [0.15, 0.2) is 36.4 Å². The molecule has 0 spiro atoms. The zero-order valence-corrected chi connectivity index (χ0v) is 16.0.